The molecule has 32 heavy (non-hydrogen) atoms. The molecule has 6 heterocycles. The first kappa shape index (κ1) is 18.8. The van der Waals surface area contributed by atoms with Crippen LogP contribution in [0.1, 0.15) is 31.0 Å². The molecule has 5 aromatic heterocycles. The maximum atomic E-state index is 5.03. The third-order valence-corrected chi connectivity index (χ3v) is 6.35. The number of nitrogens with zero attached hydrogens (tertiary/aromatic N) is 10. The van der Waals surface area contributed by atoms with E-state index in [1.165, 1.54) is 11.3 Å². The first-order valence-corrected chi connectivity index (χ1v) is 11.0. The summed E-state index contributed by atoms with van der Waals surface area (Å²) in [7, 11) is 1.90. The Morgan fingerprint density at radius 3 is 2.81 bits per heavy atom. The molecule has 12 heteroatoms. The fourth-order valence-corrected chi connectivity index (χ4v) is 4.80. The summed E-state index contributed by atoms with van der Waals surface area (Å²) < 4.78 is 3.82. The minimum absolute atomic E-state index is 0.0431. The molecule has 0 aromatic carbocycles. The molecule has 0 saturated carbocycles. The molecular weight excluding hydrogens is 426 g/mol. The number of hydrogen-bond acceptors (Lipinski definition) is 9. The molecule has 1 aliphatic heterocycles. The standard InChI is InChI=1S/C20H19N11S/c1-4-14-19-28-26-11(2)30(19)15-9-22-17(13-8-23-27-16(13)20-21-5-6-32-20)25-18(15)31(14)12-7-24-29(3)10-12/h5-10,14H,4H2,1-3H3,(H,23,27). The Labute approximate surface area is 186 Å². The van der Waals surface area contributed by atoms with Gasteiger partial charge in [0.15, 0.2) is 17.5 Å². The van der Waals surface area contributed by atoms with Crippen LogP contribution in [0.2, 0.25) is 0 Å². The van der Waals surface area contributed by atoms with Gasteiger partial charge in [0, 0.05) is 24.8 Å². The van der Waals surface area contributed by atoms with Gasteiger partial charge in [-0.3, -0.25) is 14.3 Å². The van der Waals surface area contributed by atoms with Crippen LogP contribution in [0.5, 0.6) is 0 Å². The molecule has 0 spiro atoms. The highest BCUT2D eigenvalue weighted by Crippen LogP contribution is 2.44. The van der Waals surface area contributed by atoms with E-state index >= 15 is 0 Å². The molecule has 1 N–H and O–H groups in total. The van der Waals surface area contributed by atoms with Gasteiger partial charge < -0.3 is 4.90 Å². The van der Waals surface area contributed by atoms with Crippen molar-refractivity contribution in [3.05, 3.63) is 48.0 Å². The maximum Gasteiger partial charge on any atom is 0.165 e. The summed E-state index contributed by atoms with van der Waals surface area (Å²) in [4.78, 5) is 16.3. The molecule has 0 bridgehead atoms. The molecule has 0 fully saturated rings. The molecule has 0 aliphatic carbocycles. The minimum atomic E-state index is -0.0431. The number of hydrogen-bond donors (Lipinski definition) is 1. The number of H-pyrrole nitrogens is 1. The van der Waals surface area contributed by atoms with Gasteiger partial charge in [-0.2, -0.15) is 10.2 Å². The Morgan fingerprint density at radius 2 is 2.06 bits per heavy atom. The number of aromatic amines is 1. The van der Waals surface area contributed by atoms with Crippen molar-refractivity contribution in [3.8, 4) is 27.8 Å². The van der Waals surface area contributed by atoms with E-state index in [1.54, 1.807) is 17.1 Å². The van der Waals surface area contributed by atoms with Crippen molar-refractivity contribution in [2.75, 3.05) is 4.90 Å². The fraction of sp³-hybridized carbons (Fsp3) is 0.250. The smallest absolute Gasteiger partial charge is 0.165 e. The van der Waals surface area contributed by atoms with Gasteiger partial charge in [-0.25, -0.2) is 15.0 Å². The first-order valence-electron chi connectivity index (χ1n) is 10.2. The van der Waals surface area contributed by atoms with Gasteiger partial charge >= 0.3 is 0 Å². The van der Waals surface area contributed by atoms with Crippen LogP contribution in [0, 0.1) is 6.92 Å². The van der Waals surface area contributed by atoms with Crippen LogP contribution < -0.4 is 4.90 Å². The van der Waals surface area contributed by atoms with Gasteiger partial charge in [0.1, 0.15) is 22.2 Å². The van der Waals surface area contributed by atoms with E-state index in [0.29, 0.717) is 5.82 Å². The average molecular weight is 446 g/mol. The molecule has 0 amide bonds. The second kappa shape index (κ2) is 7.05. The van der Waals surface area contributed by atoms with Crippen molar-refractivity contribution in [2.24, 2.45) is 7.05 Å². The lowest BCUT2D eigenvalue weighted by atomic mass is 10.1. The predicted molar refractivity (Wildman–Crippen MR) is 119 cm³/mol. The number of thiazole rings is 1. The average Bonchev–Trinajstić information content (AvgIpc) is 3.59. The number of anilines is 2. The molecule has 5 aromatic rings. The lowest BCUT2D eigenvalue weighted by Gasteiger charge is -2.36. The molecular formula is C20H19N11S. The number of rotatable bonds is 4. The van der Waals surface area contributed by atoms with Gasteiger partial charge in [-0.1, -0.05) is 6.92 Å². The van der Waals surface area contributed by atoms with Gasteiger partial charge in [-0.15, -0.1) is 21.5 Å². The van der Waals surface area contributed by atoms with E-state index in [2.05, 4.69) is 42.3 Å². The van der Waals surface area contributed by atoms with E-state index in [9.17, 15) is 0 Å². The quantitative estimate of drug-likeness (QED) is 0.448. The SMILES string of the molecule is CCC1c2nnc(C)n2-c2cnc(-c3cn[nH]c3-c3nccs3)nc2N1c1cnn(C)c1. The number of aryl methyl sites for hydroxylation is 2. The zero-order valence-corrected chi connectivity index (χ0v) is 18.4. The summed E-state index contributed by atoms with van der Waals surface area (Å²) in [6.07, 6.45) is 9.97. The van der Waals surface area contributed by atoms with Crippen LogP contribution in [-0.4, -0.2) is 49.7 Å². The molecule has 0 saturated heterocycles. The van der Waals surface area contributed by atoms with Crippen LogP contribution in [0.25, 0.3) is 27.8 Å². The molecule has 11 nitrogen and oxygen atoms in total. The second-order valence-electron chi connectivity index (χ2n) is 7.51. The van der Waals surface area contributed by atoms with Gasteiger partial charge in [-0.05, 0) is 13.3 Å². The minimum Gasteiger partial charge on any atom is -0.311 e. The third kappa shape index (κ3) is 2.69. The lowest BCUT2D eigenvalue weighted by molar-refractivity contribution is 0.587. The highest BCUT2D eigenvalue weighted by molar-refractivity contribution is 7.13. The molecule has 160 valence electrons. The van der Waals surface area contributed by atoms with Gasteiger partial charge in [0.25, 0.3) is 0 Å². The van der Waals surface area contributed by atoms with E-state index in [0.717, 1.165) is 51.5 Å². The van der Waals surface area contributed by atoms with Crippen molar-refractivity contribution in [2.45, 2.75) is 26.3 Å². The van der Waals surface area contributed by atoms with Crippen molar-refractivity contribution >= 4 is 22.8 Å². The molecule has 1 atom stereocenters. The Kier molecular flexibility index (Phi) is 4.15. The lowest BCUT2D eigenvalue weighted by Crippen LogP contribution is -2.32. The largest absolute Gasteiger partial charge is 0.311 e. The van der Waals surface area contributed by atoms with Crippen LogP contribution in [0.15, 0.2) is 36.4 Å². The summed E-state index contributed by atoms with van der Waals surface area (Å²) in [6, 6.07) is -0.0431. The third-order valence-electron chi connectivity index (χ3n) is 5.56. The highest BCUT2D eigenvalue weighted by atomic mass is 32.1. The number of nitrogens with one attached hydrogen (secondary N) is 1. The predicted octanol–water partition coefficient (Wildman–Crippen LogP) is 3.22. The van der Waals surface area contributed by atoms with Crippen LogP contribution >= 0.6 is 11.3 Å². The number of fused-ring (bicyclic) bond motifs is 3. The molecule has 6 rings (SSSR count). The van der Waals surface area contributed by atoms with Crippen molar-refractivity contribution < 1.29 is 0 Å². The van der Waals surface area contributed by atoms with Crippen LogP contribution in [-0.2, 0) is 7.05 Å². The van der Waals surface area contributed by atoms with Crippen LogP contribution in [0.3, 0.4) is 0 Å². The second-order valence-corrected chi connectivity index (χ2v) is 8.40. The van der Waals surface area contributed by atoms with E-state index in [4.69, 9.17) is 9.97 Å². The molecule has 1 aliphatic rings. The maximum absolute atomic E-state index is 5.03. The summed E-state index contributed by atoms with van der Waals surface area (Å²) in [6.45, 7) is 4.07. The van der Waals surface area contributed by atoms with E-state index in [-0.39, 0.29) is 6.04 Å². The highest BCUT2D eigenvalue weighted by Gasteiger charge is 2.36. The summed E-state index contributed by atoms with van der Waals surface area (Å²) in [5.41, 5.74) is 3.37. The van der Waals surface area contributed by atoms with Gasteiger partial charge in [0.2, 0.25) is 0 Å². The van der Waals surface area contributed by atoms with Crippen molar-refractivity contribution in [1.29, 1.82) is 0 Å². The Balaban J connectivity index is 1.58. The first-order chi connectivity index (χ1) is 15.7. The zero-order valence-electron chi connectivity index (χ0n) is 17.6. The summed E-state index contributed by atoms with van der Waals surface area (Å²) >= 11 is 1.54. The van der Waals surface area contributed by atoms with Crippen molar-refractivity contribution in [3.63, 3.8) is 0 Å². The fourth-order valence-electron chi connectivity index (χ4n) is 4.15. The Morgan fingerprint density at radius 1 is 1.16 bits per heavy atom. The van der Waals surface area contributed by atoms with Crippen molar-refractivity contribution in [1.82, 2.24) is 49.7 Å². The molecule has 1 unspecified atom stereocenters. The van der Waals surface area contributed by atoms with Crippen LogP contribution in [0.4, 0.5) is 11.5 Å². The van der Waals surface area contributed by atoms with E-state index in [1.807, 2.05) is 42.5 Å². The monoisotopic (exact) mass is 445 g/mol. The molecule has 0 radical (unpaired) electrons. The Hall–Kier alpha value is -3.93. The topological polar surface area (TPSA) is 119 Å². The zero-order chi connectivity index (χ0) is 21.8. The normalized spacial score (nSPS) is 15.1. The van der Waals surface area contributed by atoms with Gasteiger partial charge in [0.05, 0.1) is 35.9 Å². The Bertz CT molecular complexity index is 1410. The van der Waals surface area contributed by atoms with E-state index < -0.39 is 0 Å². The number of aromatic nitrogens is 10. The summed E-state index contributed by atoms with van der Waals surface area (Å²) in [5, 5.41) is 23.2. The summed E-state index contributed by atoms with van der Waals surface area (Å²) in [5.74, 6) is 3.01.